The highest BCUT2D eigenvalue weighted by Crippen LogP contribution is 2.19. The number of fused-ring (bicyclic) bond motifs is 2. The molecule has 0 heterocycles. The van der Waals surface area contributed by atoms with Gasteiger partial charge in [-0.05, 0) is 45.8 Å². The number of carbonyl (C=O) groups is 2. The Morgan fingerprint density at radius 3 is 1.26 bits per heavy atom. The van der Waals surface area contributed by atoms with Gasteiger partial charge in [-0.3, -0.25) is 9.59 Å². The summed E-state index contributed by atoms with van der Waals surface area (Å²) in [5, 5.41) is 25.5. The molecule has 0 aliphatic rings. The van der Waals surface area contributed by atoms with Crippen LogP contribution in [-0.2, 0) is 9.59 Å². The van der Waals surface area contributed by atoms with Gasteiger partial charge in [0.15, 0.2) is 0 Å². The summed E-state index contributed by atoms with van der Waals surface area (Å²) in [7, 11) is 0. The maximum atomic E-state index is 9.95. The van der Waals surface area contributed by atoms with Gasteiger partial charge < -0.3 is 10.2 Å². The Morgan fingerprint density at radius 2 is 0.941 bits per heavy atom. The van der Waals surface area contributed by atoms with Gasteiger partial charge in [0.25, 0.3) is 0 Å². The SMILES string of the molecule is O=C(O)CCC(=O)O.O=NNc1ccc2ccccc2c1.O=NNc1ccc2ccccc2c1. The Kier molecular flexibility index (Phi) is 10.1. The van der Waals surface area contributed by atoms with Crippen molar-refractivity contribution in [3.63, 3.8) is 0 Å². The van der Waals surface area contributed by atoms with Crippen molar-refractivity contribution in [3.8, 4) is 0 Å². The molecule has 0 aliphatic carbocycles. The molecule has 0 saturated carbocycles. The average Bonchev–Trinajstić information content (AvgIpc) is 2.84. The Hall–Kier alpha value is -4.86. The first kappa shape index (κ1) is 25.4. The lowest BCUT2D eigenvalue weighted by molar-refractivity contribution is -0.143. The van der Waals surface area contributed by atoms with E-state index in [4.69, 9.17) is 10.2 Å². The second kappa shape index (κ2) is 13.5. The predicted molar refractivity (Wildman–Crippen MR) is 131 cm³/mol. The molecule has 0 unspecified atom stereocenters. The minimum atomic E-state index is -1.08. The van der Waals surface area contributed by atoms with Crippen LogP contribution < -0.4 is 10.9 Å². The highest BCUT2D eigenvalue weighted by molar-refractivity contribution is 5.86. The van der Waals surface area contributed by atoms with Crippen molar-refractivity contribution in [3.05, 3.63) is 94.7 Å². The van der Waals surface area contributed by atoms with Gasteiger partial charge in [0.05, 0.1) is 34.8 Å². The summed E-state index contributed by atoms with van der Waals surface area (Å²) in [5.74, 6) is -2.15. The van der Waals surface area contributed by atoms with E-state index in [0.29, 0.717) is 11.4 Å². The van der Waals surface area contributed by atoms with Crippen molar-refractivity contribution in [1.82, 2.24) is 0 Å². The Morgan fingerprint density at radius 1 is 0.588 bits per heavy atom. The van der Waals surface area contributed by atoms with Crippen LogP contribution in [-0.4, -0.2) is 22.2 Å². The van der Waals surface area contributed by atoms with Crippen molar-refractivity contribution in [1.29, 1.82) is 0 Å². The van der Waals surface area contributed by atoms with Crippen molar-refractivity contribution in [2.45, 2.75) is 12.8 Å². The zero-order valence-corrected chi connectivity index (χ0v) is 17.9. The lowest BCUT2D eigenvalue weighted by Crippen LogP contribution is -2.00. The molecule has 0 aliphatic heterocycles. The summed E-state index contributed by atoms with van der Waals surface area (Å²) in [6.07, 6.45) is -0.593. The second-order valence-corrected chi connectivity index (χ2v) is 6.82. The van der Waals surface area contributed by atoms with Crippen LogP contribution in [0.3, 0.4) is 0 Å². The molecule has 4 aromatic rings. The van der Waals surface area contributed by atoms with E-state index in [1.807, 2.05) is 84.9 Å². The van der Waals surface area contributed by atoms with Crippen LogP contribution in [0, 0.1) is 9.81 Å². The van der Waals surface area contributed by atoms with Crippen LogP contribution in [0.4, 0.5) is 11.4 Å². The first-order chi connectivity index (χ1) is 16.4. The number of benzene rings is 4. The summed E-state index contributed by atoms with van der Waals surface area (Å²) in [5.41, 5.74) is 6.17. The van der Waals surface area contributed by atoms with Gasteiger partial charge in [0.2, 0.25) is 0 Å². The summed E-state index contributed by atoms with van der Waals surface area (Å²) in [4.78, 5) is 39.2. The highest BCUT2D eigenvalue weighted by atomic mass is 16.4. The maximum absolute atomic E-state index is 9.95. The molecule has 0 radical (unpaired) electrons. The van der Waals surface area contributed by atoms with Crippen molar-refractivity contribution >= 4 is 44.9 Å². The van der Waals surface area contributed by atoms with E-state index in [0.717, 1.165) is 21.5 Å². The van der Waals surface area contributed by atoms with Gasteiger partial charge in [-0.2, -0.15) is 0 Å². The van der Waals surface area contributed by atoms with Crippen molar-refractivity contribution < 1.29 is 19.8 Å². The lowest BCUT2D eigenvalue weighted by Gasteiger charge is -1.99. The minimum Gasteiger partial charge on any atom is -0.481 e. The van der Waals surface area contributed by atoms with Crippen LogP contribution >= 0.6 is 0 Å². The van der Waals surface area contributed by atoms with Gasteiger partial charge in [0.1, 0.15) is 0 Å². The molecule has 10 heteroatoms. The number of carboxylic acids is 2. The standard InChI is InChI=1S/2C10H8N2O.C4H6O4/c2*13-12-11-10-6-5-8-3-1-2-4-9(8)7-10;5-3(6)1-2-4(7)8/h2*1-7H,(H,11,13);1-2H2,(H,5,6)(H,7,8). The summed E-state index contributed by atoms with van der Waals surface area (Å²) in [6.45, 7) is 0. The molecule has 10 nitrogen and oxygen atoms in total. The van der Waals surface area contributed by atoms with Crippen molar-refractivity contribution in [2.24, 2.45) is 10.6 Å². The zero-order chi connectivity index (χ0) is 24.8. The second-order valence-electron chi connectivity index (χ2n) is 6.82. The van der Waals surface area contributed by atoms with E-state index in [9.17, 15) is 19.4 Å². The van der Waals surface area contributed by atoms with Gasteiger partial charge in [-0.1, -0.05) is 60.7 Å². The smallest absolute Gasteiger partial charge is 0.303 e. The fraction of sp³-hybridized carbons (Fsp3) is 0.0833. The molecule has 0 aromatic heterocycles. The van der Waals surface area contributed by atoms with E-state index >= 15 is 0 Å². The normalized spacial score (nSPS) is 9.53. The van der Waals surface area contributed by atoms with Gasteiger partial charge in [-0.15, -0.1) is 9.81 Å². The Bertz CT molecular complexity index is 1180. The van der Waals surface area contributed by atoms with E-state index in [2.05, 4.69) is 21.4 Å². The molecule has 0 bridgehead atoms. The molecule has 4 N–H and O–H groups in total. The number of rotatable bonds is 7. The van der Waals surface area contributed by atoms with Gasteiger partial charge in [0, 0.05) is 0 Å². The molecular formula is C24H22N4O6. The van der Waals surface area contributed by atoms with E-state index in [1.54, 1.807) is 0 Å². The molecule has 0 saturated heterocycles. The fourth-order valence-corrected chi connectivity index (χ4v) is 2.84. The lowest BCUT2D eigenvalue weighted by atomic mass is 10.1. The average molecular weight is 462 g/mol. The molecule has 0 spiro atoms. The topological polar surface area (TPSA) is 158 Å². The van der Waals surface area contributed by atoms with Crippen LogP contribution in [0.15, 0.2) is 95.5 Å². The third kappa shape index (κ3) is 8.71. The number of anilines is 2. The molecule has 4 aromatic carbocycles. The summed E-state index contributed by atoms with van der Waals surface area (Å²) >= 11 is 0. The third-order valence-corrected chi connectivity index (χ3v) is 4.40. The molecular weight excluding hydrogens is 440 g/mol. The highest BCUT2D eigenvalue weighted by Gasteiger charge is 2.00. The quantitative estimate of drug-likeness (QED) is 0.198. The molecule has 0 atom stereocenters. The number of nitrogens with one attached hydrogen (secondary N) is 2. The number of hydrogen-bond donors (Lipinski definition) is 4. The van der Waals surface area contributed by atoms with Crippen LogP contribution in [0.25, 0.3) is 21.5 Å². The Labute approximate surface area is 194 Å². The van der Waals surface area contributed by atoms with Crippen LogP contribution in [0.1, 0.15) is 12.8 Å². The molecule has 0 amide bonds. The summed E-state index contributed by atoms with van der Waals surface area (Å²) < 4.78 is 0. The van der Waals surface area contributed by atoms with Gasteiger partial charge >= 0.3 is 11.9 Å². The number of nitrogens with zero attached hydrogens (tertiary/aromatic N) is 2. The van der Waals surface area contributed by atoms with Crippen LogP contribution in [0.5, 0.6) is 0 Å². The van der Waals surface area contributed by atoms with E-state index in [1.165, 1.54) is 0 Å². The fourth-order valence-electron chi connectivity index (χ4n) is 2.84. The minimum absolute atomic E-state index is 0.296. The van der Waals surface area contributed by atoms with E-state index in [-0.39, 0.29) is 12.8 Å². The first-order valence-electron chi connectivity index (χ1n) is 10.0. The summed E-state index contributed by atoms with van der Waals surface area (Å²) in [6, 6.07) is 27.2. The molecule has 0 fully saturated rings. The monoisotopic (exact) mass is 462 g/mol. The first-order valence-corrected chi connectivity index (χ1v) is 10.0. The number of hydrogen-bond acceptors (Lipinski definition) is 6. The zero-order valence-electron chi connectivity index (χ0n) is 17.9. The van der Waals surface area contributed by atoms with E-state index < -0.39 is 11.9 Å². The Balaban J connectivity index is 0.000000187. The number of aliphatic carboxylic acids is 2. The molecule has 4 rings (SSSR count). The predicted octanol–water partition coefficient (Wildman–Crippen LogP) is 5.80. The number of carboxylic acid groups (broad SMARTS) is 2. The molecule has 174 valence electrons. The largest absolute Gasteiger partial charge is 0.481 e. The third-order valence-electron chi connectivity index (χ3n) is 4.40. The van der Waals surface area contributed by atoms with Crippen LogP contribution in [0.2, 0.25) is 0 Å². The maximum Gasteiger partial charge on any atom is 0.303 e. The van der Waals surface area contributed by atoms with Crippen molar-refractivity contribution in [2.75, 3.05) is 10.9 Å². The number of nitroso groups, excluding NO2 is 2. The van der Waals surface area contributed by atoms with Gasteiger partial charge in [-0.25, -0.2) is 10.9 Å². The molecule has 34 heavy (non-hydrogen) atoms.